The first-order chi connectivity index (χ1) is 6.13. The Labute approximate surface area is 86.9 Å². The lowest BCUT2D eigenvalue weighted by molar-refractivity contribution is 0.230. The number of rotatable bonds is 3. The maximum Gasteiger partial charge on any atom is 0.128 e. The van der Waals surface area contributed by atoms with Crippen molar-refractivity contribution in [3.05, 3.63) is 16.9 Å². The van der Waals surface area contributed by atoms with Gasteiger partial charge in [-0.15, -0.1) is 6.42 Å². The van der Waals surface area contributed by atoms with Gasteiger partial charge in [-0.1, -0.05) is 5.92 Å². The van der Waals surface area contributed by atoms with Crippen LogP contribution in [0.25, 0.3) is 0 Å². The van der Waals surface area contributed by atoms with Gasteiger partial charge in [-0.2, -0.15) is 5.10 Å². The first kappa shape index (κ1) is 10.3. The minimum absolute atomic E-state index is 0.128. The van der Waals surface area contributed by atoms with Crippen molar-refractivity contribution in [3.8, 4) is 12.3 Å². The fraction of sp³-hybridized carbons (Fsp3) is 0.444. The molecule has 1 heterocycles. The SMILES string of the molecule is C#CC(C)N(C)Cn1ccc(Br)n1. The van der Waals surface area contributed by atoms with Gasteiger partial charge in [-0.05, 0) is 36.0 Å². The van der Waals surface area contributed by atoms with Gasteiger partial charge in [0.05, 0.1) is 12.7 Å². The molecule has 3 nitrogen and oxygen atoms in total. The van der Waals surface area contributed by atoms with Crippen LogP contribution in [0.4, 0.5) is 0 Å². The van der Waals surface area contributed by atoms with Gasteiger partial charge >= 0.3 is 0 Å². The van der Waals surface area contributed by atoms with Crippen LogP contribution in [0.3, 0.4) is 0 Å². The molecule has 0 N–H and O–H groups in total. The maximum absolute atomic E-state index is 5.30. The summed E-state index contributed by atoms with van der Waals surface area (Å²) < 4.78 is 2.67. The number of terminal acetylenes is 1. The summed E-state index contributed by atoms with van der Waals surface area (Å²) in [7, 11) is 1.97. The molecule has 13 heavy (non-hydrogen) atoms. The molecule has 0 fully saturated rings. The molecule has 1 aromatic heterocycles. The molecule has 0 radical (unpaired) electrons. The van der Waals surface area contributed by atoms with Crippen molar-refractivity contribution >= 4 is 15.9 Å². The lowest BCUT2D eigenvalue weighted by atomic mass is 10.3. The summed E-state index contributed by atoms with van der Waals surface area (Å²) in [6.07, 6.45) is 7.21. The van der Waals surface area contributed by atoms with Crippen LogP contribution in [0, 0.1) is 12.3 Å². The van der Waals surface area contributed by atoms with E-state index in [4.69, 9.17) is 6.42 Å². The van der Waals surface area contributed by atoms with Gasteiger partial charge in [-0.3, -0.25) is 9.58 Å². The highest BCUT2D eigenvalue weighted by molar-refractivity contribution is 9.10. The Morgan fingerprint density at radius 1 is 1.85 bits per heavy atom. The summed E-state index contributed by atoms with van der Waals surface area (Å²) >= 11 is 3.29. The van der Waals surface area contributed by atoms with E-state index >= 15 is 0 Å². The minimum atomic E-state index is 0.128. The van der Waals surface area contributed by atoms with E-state index in [1.165, 1.54) is 0 Å². The fourth-order valence-electron chi connectivity index (χ4n) is 0.894. The summed E-state index contributed by atoms with van der Waals surface area (Å²) in [5, 5.41) is 4.19. The highest BCUT2D eigenvalue weighted by Gasteiger charge is 2.06. The second kappa shape index (κ2) is 4.45. The van der Waals surface area contributed by atoms with Crippen molar-refractivity contribution in [3.63, 3.8) is 0 Å². The summed E-state index contributed by atoms with van der Waals surface area (Å²) in [5.74, 6) is 2.66. The second-order valence-corrected chi connectivity index (χ2v) is 3.73. The Morgan fingerprint density at radius 2 is 2.54 bits per heavy atom. The third-order valence-electron chi connectivity index (χ3n) is 1.88. The second-order valence-electron chi connectivity index (χ2n) is 2.92. The Kier molecular flexibility index (Phi) is 3.52. The fourth-order valence-corrected chi connectivity index (χ4v) is 1.22. The number of hydrogen-bond donors (Lipinski definition) is 0. The monoisotopic (exact) mass is 241 g/mol. The van der Waals surface area contributed by atoms with Gasteiger partial charge < -0.3 is 0 Å². The molecule has 70 valence electrons. The Hall–Kier alpha value is -0.790. The molecule has 1 unspecified atom stereocenters. The molecule has 0 saturated heterocycles. The van der Waals surface area contributed by atoms with Gasteiger partial charge in [0.1, 0.15) is 4.60 Å². The molecule has 0 aliphatic rings. The highest BCUT2D eigenvalue weighted by Crippen LogP contribution is 2.05. The topological polar surface area (TPSA) is 21.1 Å². The standard InChI is InChI=1S/C9H12BrN3/c1-4-8(2)12(3)7-13-6-5-9(10)11-13/h1,5-6,8H,7H2,2-3H3. The Balaban J connectivity index is 2.55. The van der Waals surface area contributed by atoms with Gasteiger partial charge in [0.2, 0.25) is 0 Å². The van der Waals surface area contributed by atoms with Crippen LogP contribution in [-0.2, 0) is 6.67 Å². The predicted molar refractivity (Wildman–Crippen MR) is 56.0 cm³/mol. The molecule has 0 saturated carbocycles. The number of hydrogen-bond acceptors (Lipinski definition) is 2. The number of nitrogens with zero attached hydrogens (tertiary/aromatic N) is 3. The number of halogens is 1. The third-order valence-corrected chi connectivity index (χ3v) is 2.30. The summed E-state index contributed by atoms with van der Waals surface area (Å²) in [6.45, 7) is 2.69. The molecule has 0 amide bonds. The van der Waals surface area contributed by atoms with E-state index in [0.29, 0.717) is 6.67 Å². The number of aromatic nitrogens is 2. The molecule has 0 aliphatic heterocycles. The van der Waals surface area contributed by atoms with Crippen LogP contribution in [0.2, 0.25) is 0 Å². The lowest BCUT2D eigenvalue weighted by Crippen LogP contribution is -2.30. The largest absolute Gasteiger partial charge is 0.274 e. The Morgan fingerprint density at radius 3 is 3.00 bits per heavy atom. The van der Waals surface area contributed by atoms with Crippen LogP contribution in [0.15, 0.2) is 16.9 Å². The van der Waals surface area contributed by atoms with Crippen molar-refractivity contribution in [2.75, 3.05) is 7.05 Å². The molecule has 1 aromatic rings. The summed E-state index contributed by atoms with van der Waals surface area (Å²) in [5.41, 5.74) is 0. The zero-order valence-electron chi connectivity index (χ0n) is 7.74. The van der Waals surface area contributed by atoms with E-state index in [0.717, 1.165) is 4.60 Å². The average Bonchev–Trinajstić information content (AvgIpc) is 2.49. The van der Waals surface area contributed by atoms with Crippen LogP contribution in [-0.4, -0.2) is 27.8 Å². The average molecular weight is 242 g/mol. The molecule has 4 heteroatoms. The van der Waals surface area contributed by atoms with Crippen molar-refractivity contribution in [1.82, 2.24) is 14.7 Å². The van der Waals surface area contributed by atoms with Crippen molar-refractivity contribution in [1.29, 1.82) is 0 Å². The van der Waals surface area contributed by atoms with Gasteiger partial charge in [0.15, 0.2) is 0 Å². The van der Waals surface area contributed by atoms with E-state index in [1.54, 1.807) is 0 Å². The van der Waals surface area contributed by atoms with E-state index in [9.17, 15) is 0 Å². The molecule has 0 aliphatic carbocycles. The predicted octanol–water partition coefficient (Wildman–Crippen LogP) is 1.56. The first-order valence-electron chi connectivity index (χ1n) is 3.99. The van der Waals surface area contributed by atoms with Crippen LogP contribution >= 0.6 is 15.9 Å². The zero-order valence-corrected chi connectivity index (χ0v) is 9.32. The molecule has 1 rings (SSSR count). The van der Waals surface area contributed by atoms with Gasteiger partial charge in [-0.25, -0.2) is 0 Å². The van der Waals surface area contributed by atoms with Crippen LogP contribution < -0.4 is 0 Å². The van der Waals surface area contributed by atoms with Gasteiger partial charge in [0, 0.05) is 6.20 Å². The van der Waals surface area contributed by atoms with Crippen LogP contribution in [0.5, 0.6) is 0 Å². The minimum Gasteiger partial charge on any atom is -0.274 e. The van der Waals surface area contributed by atoms with E-state index in [2.05, 4.69) is 26.9 Å². The zero-order chi connectivity index (χ0) is 9.84. The van der Waals surface area contributed by atoms with E-state index in [-0.39, 0.29) is 6.04 Å². The Bertz CT molecular complexity index is 313. The molecule has 0 spiro atoms. The molecular formula is C9H12BrN3. The van der Waals surface area contributed by atoms with Crippen LogP contribution in [0.1, 0.15) is 6.92 Å². The molecule has 0 bridgehead atoms. The normalized spacial score (nSPS) is 12.8. The third kappa shape index (κ3) is 2.87. The first-order valence-corrected chi connectivity index (χ1v) is 4.78. The maximum atomic E-state index is 5.30. The molecular weight excluding hydrogens is 230 g/mol. The smallest absolute Gasteiger partial charge is 0.128 e. The highest BCUT2D eigenvalue weighted by atomic mass is 79.9. The molecule has 0 aromatic carbocycles. The molecule has 1 atom stereocenters. The van der Waals surface area contributed by atoms with E-state index in [1.807, 2.05) is 35.8 Å². The van der Waals surface area contributed by atoms with Crippen molar-refractivity contribution in [2.24, 2.45) is 0 Å². The quantitative estimate of drug-likeness (QED) is 0.750. The van der Waals surface area contributed by atoms with Crippen molar-refractivity contribution < 1.29 is 0 Å². The van der Waals surface area contributed by atoms with Crippen molar-refractivity contribution in [2.45, 2.75) is 19.6 Å². The van der Waals surface area contributed by atoms with Gasteiger partial charge in [0.25, 0.3) is 0 Å². The van der Waals surface area contributed by atoms with E-state index < -0.39 is 0 Å². The summed E-state index contributed by atoms with van der Waals surface area (Å²) in [4.78, 5) is 2.04. The summed E-state index contributed by atoms with van der Waals surface area (Å²) in [6, 6.07) is 2.02. The lowest BCUT2D eigenvalue weighted by Gasteiger charge is -2.19.